The van der Waals surface area contributed by atoms with Crippen LogP contribution in [0.2, 0.25) is 0 Å². The van der Waals surface area contributed by atoms with Crippen LogP contribution in [0.25, 0.3) is 22.2 Å². The highest BCUT2D eigenvalue weighted by Crippen LogP contribution is 2.35. The van der Waals surface area contributed by atoms with Gasteiger partial charge in [0.2, 0.25) is 0 Å². The van der Waals surface area contributed by atoms with E-state index < -0.39 is 0 Å². The molecule has 1 atom stereocenters. The second-order valence-electron chi connectivity index (χ2n) is 7.72. The minimum absolute atomic E-state index is 0.519. The van der Waals surface area contributed by atoms with Gasteiger partial charge in [-0.15, -0.1) is 0 Å². The zero-order valence-corrected chi connectivity index (χ0v) is 15.8. The summed E-state index contributed by atoms with van der Waals surface area (Å²) in [6.07, 6.45) is 3.02. The fraction of sp³-hybridized carbons (Fsp3) is 0.333. The van der Waals surface area contributed by atoms with E-state index in [0.717, 1.165) is 59.0 Å². The number of aryl methyl sites for hydroxylation is 1. The van der Waals surface area contributed by atoms with Crippen molar-refractivity contribution in [1.82, 2.24) is 25.0 Å². The van der Waals surface area contributed by atoms with Crippen molar-refractivity contribution in [3.63, 3.8) is 0 Å². The van der Waals surface area contributed by atoms with Gasteiger partial charge in [0.25, 0.3) is 0 Å². The second-order valence-corrected chi connectivity index (χ2v) is 7.72. The molecule has 1 saturated heterocycles. The quantitative estimate of drug-likeness (QED) is 0.734. The van der Waals surface area contributed by atoms with Gasteiger partial charge in [-0.2, -0.15) is 5.10 Å². The Kier molecular flexibility index (Phi) is 3.68. The number of aromatic nitrogens is 3. The number of fused-ring (bicyclic) bond motifs is 2. The highest BCUT2D eigenvalue weighted by molar-refractivity contribution is 5.95. The molecule has 1 fully saturated rings. The van der Waals surface area contributed by atoms with Crippen molar-refractivity contribution in [2.75, 3.05) is 25.5 Å². The Bertz CT molecular complexity index is 1040. The normalized spacial score (nSPS) is 20.1. The molecule has 0 unspecified atom stereocenters. The molecule has 0 spiro atoms. The van der Waals surface area contributed by atoms with Crippen molar-refractivity contribution < 1.29 is 0 Å². The summed E-state index contributed by atoms with van der Waals surface area (Å²) in [5, 5.41) is 12.4. The maximum absolute atomic E-state index is 4.58. The van der Waals surface area contributed by atoms with E-state index in [9.17, 15) is 0 Å². The van der Waals surface area contributed by atoms with E-state index in [2.05, 4.69) is 62.1 Å². The van der Waals surface area contributed by atoms with Crippen LogP contribution in [0, 0.1) is 6.92 Å². The molecule has 27 heavy (non-hydrogen) atoms. The van der Waals surface area contributed by atoms with Crippen LogP contribution in [-0.4, -0.2) is 51.2 Å². The number of hydrogen-bond acceptors (Lipinski definition) is 5. The lowest BCUT2D eigenvalue weighted by Gasteiger charge is -2.37. The van der Waals surface area contributed by atoms with Gasteiger partial charge in [-0.3, -0.25) is 10.1 Å². The van der Waals surface area contributed by atoms with Gasteiger partial charge in [-0.1, -0.05) is 6.58 Å². The Balaban J connectivity index is 1.55. The standard InChI is InChI=1S/C21H24N6/c1-13-8-15(4-6-22-13)21-18-9-16-11-27(17-5-7-26(3)12-17)14(2)23-19(16)10-20(18)24-25-21/h4,6,8-10,17,23H,2,5,7,11-12H2,1,3H3,(H,24,25)/t17-/m0/s1. The van der Waals surface area contributed by atoms with Crippen LogP contribution in [-0.2, 0) is 6.54 Å². The van der Waals surface area contributed by atoms with Crippen molar-refractivity contribution in [1.29, 1.82) is 0 Å². The lowest BCUT2D eigenvalue weighted by Crippen LogP contribution is -2.40. The smallest absolute Gasteiger partial charge is 0.100 e. The summed E-state index contributed by atoms with van der Waals surface area (Å²) in [4.78, 5) is 9.10. The lowest BCUT2D eigenvalue weighted by molar-refractivity contribution is 0.241. The van der Waals surface area contributed by atoms with Gasteiger partial charge in [-0.05, 0) is 56.8 Å². The number of hydrogen-bond donors (Lipinski definition) is 2. The van der Waals surface area contributed by atoms with Crippen molar-refractivity contribution in [2.24, 2.45) is 0 Å². The Morgan fingerprint density at radius 2 is 2.15 bits per heavy atom. The molecule has 5 rings (SSSR count). The van der Waals surface area contributed by atoms with Gasteiger partial charge >= 0.3 is 0 Å². The molecule has 0 aliphatic carbocycles. The second kappa shape index (κ2) is 6.09. The molecule has 4 heterocycles. The molecule has 0 bridgehead atoms. The minimum Gasteiger partial charge on any atom is -0.350 e. The number of nitrogens with zero attached hydrogens (tertiary/aromatic N) is 4. The number of nitrogens with one attached hydrogen (secondary N) is 2. The van der Waals surface area contributed by atoms with E-state index in [4.69, 9.17) is 0 Å². The molecular weight excluding hydrogens is 336 g/mol. The summed E-state index contributed by atoms with van der Waals surface area (Å²) in [6, 6.07) is 9.03. The Hall–Kier alpha value is -2.86. The number of benzene rings is 1. The van der Waals surface area contributed by atoms with Crippen LogP contribution in [0.15, 0.2) is 42.9 Å². The van der Waals surface area contributed by atoms with Crippen LogP contribution in [0.4, 0.5) is 5.69 Å². The number of H-pyrrole nitrogens is 1. The van der Waals surface area contributed by atoms with Gasteiger partial charge in [0.05, 0.1) is 11.3 Å². The fourth-order valence-electron chi connectivity index (χ4n) is 4.29. The summed E-state index contributed by atoms with van der Waals surface area (Å²) >= 11 is 0. The highest BCUT2D eigenvalue weighted by Gasteiger charge is 2.30. The third kappa shape index (κ3) is 2.77. The first kappa shape index (κ1) is 16.3. The van der Waals surface area contributed by atoms with E-state index in [1.165, 1.54) is 12.0 Å². The predicted octanol–water partition coefficient (Wildman–Crippen LogP) is 3.34. The molecular formula is C21H24N6. The van der Waals surface area contributed by atoms with E-state index in [1.54, 1.807) is 0 Å². The SMILES string of the molecule is C=C1Nc2cc3[nH]nc(-c4ccnc(C)c4)c3cc2CN1[C@H]1CCN(C)C1. The van der Waals surface area contributed by atoms with Crippen molar-refractivity contribution >= 4 is 16.6 Å². The molecule has 138 valence electrons. The monoisotopic (exact) mass is 360 g/mol. The van der Waals surface area contributed by atoms with Crippen molar-refractivity contribution in [2.45, 2.75) is 25.9 Å². The molecule has 6 heteroatoms. The summed E-state index contributed by atoms with van der Waals surface area (Å²) in [5.74, 6) is 0.992. The summed E-state index contributed by atoms with van der Waals surface area (Å²) in [6.45, 7) is 9.40. The molecule has 2 aromatic heterocycles. The topological polar surface area (TPSA) is 60.1 Å². The van der Waals surface area contributed by atoms with E-state index in [0.29, 0.717) is 6.04 Å². The number of rotatable bonds is 2. The first-order valence-corrected chi connectivity index (χ1v) is 9.43. The molecule has 0 saturated carbocycles. The number of pyridine rings is 1. The summed E-state index contributed by atoms with van der Waals surface area (Å²) < 4.78 is 0. The third-order valence-electron chi connectivity index (χ3n) is 5.73. The third-order valence-corrected chi connectivity index (χ3v) is 5.73. The average molecular weight is 360 g/mol. The van der Waals surface area contributed by atoms with E-state index in [1.807, 2.05) is 19.2 Å². The van der Waals surface area contributed by atoms with Crippen LogP contribution in [0.1, 0.15) is 17.7 Å². The molecule has 0 amide bonds. The van der Waals surface area contributed by atoms with Gasteiger partial charge < -0.3 is 15.1 Å². The Morgan fingerprint density at radius 1 is 1.26 bits per heavy atom. The van der Waals surface area contributed by atoms with Gasteiger partial charge in [-0.25, -0.2) is 0 Å². The summed E-state index contributed by atoms with van der Waals surface area (Å²) in [5.41, 5.74) is 6.52. The van der Waals surface area contributed by atoms with E-state index in [-0.39, 0.29) is 0 Å². The zero-order chi connectivity index (χ0) is 18.5. The molecule has 1 aromatic carbocycles. The van der Waals surface area contributed by atoms with Crippen LogP contribution in [0.3, 0.4) is 0 Å². The maximum Gasteiger partial charge on any atom is 0.100 e. The highest BCUT2D eigenvalue weighted by atomic mass is 15.3. The molecule has 2 aliphatic rings. The van der Waals surface area contributed by atoms with Crippen LogP contribution in [0.5, 0.6) is 0 Å². The van der Waals surface area contributed by atoms with Crippen molar-refractivity contribution in [3.05, 3.63) is 54.1 Å². The van der Waals surface area contributed by atoms with Crippen LogP contribution < -0.4 is 5.32 Å². The number of anilines is 1. The van der Waals surface area contributed by atoms with Crippen molar-refractivity contribution in [3.8, 4) is 11.3 Å². The Morgan fingerprint density at radius 3 is 2.93 bits per heavy atom. The largest absolute Gasteiger partial charge is 0.350 e. The molecule has 2 aliphatic heterocycles. The maximum atomic E-state index is 4.58. The molecule has 6 nitrogen and oxygen atoms in total. The number of aromatic amines is 1. The van der Waals surface area contributed by atoms with Gasteiger partial charge in [0.15, 0.2) is 0 Å². The average Bonchev–Trinajstić information content (AvgIpc) is 3.25. The number of likely N-dealkylation sites (N-methyl/N-ethyl adjacent to an activating group) is 1. The van der Waals surface area contributed by atoms with Crippen LogP contribution >= 0.6 is 0 Å². The van der Waals surface area contributed by atoms with Gasteiger partial charge in [0, 0.05) is 47.7 Å². The van der Waals surface area contributed by atoms with E-state index >= 15 is 0 Å². The van der Waals surface area contributed by atoms with Gasteiger partial charge in [0.1, 0.15) is 5.69 Å². The first-order chi connectivity index (χ1) is 13.1. The lowest BCUT2D eigenvalue weighted by atomic mass is 10.0. The molecule has 2 N–H and O–H groups in total. The molecule has 3 aromatic rings. The first-order valence-electron chi connectivity index (χ1n) is 9.43. The summed E-state index contributed by atoms with van der Waals surface area (Å²) in [7, 11) is 2.19. The minimum atomic E-state index is 0.519. The fourth-order valence-corrected chi connectivity index (χ4v) is 4.29. The Labute approximate surface area is 158 Å². The predicted molar refractivity (Wildman–Crippen MR) is 108 cm³/mol. The zero-order valence-electron chi connectivity index (χ0n) is 15.8. The molecule has 0 radical (unpaired) electrons. The number of likely N-dealkylation sites (tertiary alicyclic amines) is 1.